The Bertz CT molecular complexity index is 1010. The molecule has 1 amide bonds. The summed E-state index contributed by atoms with van der Waals surface area (Å²) in [6.45, 7) is 0.540. The Morgan fingerprint density at radius 3 is 2.43 bits per heavy atom. The number of nitrogens with zero attached hydrogens (tertiary/aromatic N) is 1. The number of H-pyrrole nitrogens is 1. The van der Waals surface area contributed by atoms with Crippen LogP contribution in [0.1, 0.15) is 36.8 Å². The Kier molecular flexibility index (Phi) is 7.01. The molecule has 158 valence electrons. The first-order valence-electron chi connectivity index (χ1n) is 10.3. The van der Waals surface area contributed by atoms with Crippen LogP contribution in [-0.4, -0.2) is 29.9 Å². The Morgan fingerprint density at radius 2 is 1.73 bits per heavy atom. The van der Waals surface area contributed by atoms with E-state index >= 15 is 0 Å². The summed E-state index contributed by atoms with van der Waals surface area (Å²) in [5.74, 6) is 0.00217. The van der Waals surface area contributed by atoms with Crippen LogP contribution in [0.4, 0.5) is 0 Å². The number of hydrogen-bond acceptors (Lipinski definition) is 2. The molecular formula is C25H30ClN3O. The molecule has 2 aromatic carbocycles. The van der Waals surface area contributed by atoms with Crippen LogP contribution in [-0.2, 0) is 16.9 Å². The number of hydrogen-bond donors (Lipinski definition) is 2. The van der Waals surface area contributed by atoms with Crippen molar-refractivity contribution >= 4 is 29.2 Å². The van der Waals surface area contributed by atoms with Crippen LogP contribution in [0.2, 0.25) is 0 Å². The number of amides is 1. The Labute approximate surface area is 184 Å². The SMILES string of the molecule is CN(C)C1(c2ccccc2)CCC(=CC(=O)NCc2c[nH]c3ccccc23)CC1.Cl. The molecular weight excluding hydrogens is 394 g/mol. The van der Waals surface area contributed by atoms with Gasteiger partial charge in [0.1, 0.15) is 0 Å². The largest absolute Gasteiger partial charge is 0.361 e. The Morgan fingerprint density at radius 1 is 1.07 bits per heavy atom. The predicted molar refractivity (Wildman–Crippen MR) is 126 cm³/mol. The van der Waals surface area contributed by atoms with Crippen LogP contribution in [0.25, 0.3) is 10.9 Å². The third-order valence-corrected chi connectivity index (χ3v) is 6.35. The first kappa shape index (κ1) is 22.1. The lowest BCUT2D eigenvalue weighted by atomic mass is 9.74. The van der Waals surface area contributed by atoms with Gasteiger partial charge in [-0.15, -0.1) is 12.4 Å². The minimum absolute atomic E-state index is 0. The summed E-state index contributed by atoms with van der Waals surface area (Å²) < 4.78 is 0. The van der Waals surface area contributed by atoms with Gasteiger partial charge in [0, 0.05) is 35.3 Å². The van der Waals surface area contributed by atoms with Gasteiger partial charge in [-0.3, -0.25) is 9.69 Å². The summed E-state index contributed by atoms with van der Waals surface area (Å²) in [5.41, 5.74) is 4.89. The summed E-state index contributed by atoms with van der Waals surface area (Å²) in [6, 6.07) is 18.9. The Hall–Kier alpha value is -2.56. The summed E-state index contributed by atoms with van der Waals surface area (Å²) in [7, 11) is 4.32. The van der Waals surface area contributed by atoms with E-state index in [-0.39, 0.29) is 23.9 Å². The van der Waals surface area contributed by atoms with Gasteiger partial charge < -0.3 is 10.3 Å². The smallest absolute Gasteiger partial charge is 0.244 e. The van der Waals surface area contributed by atoms with E-state index in [4.69, 9.17) is 0 Å². The van der Waals surface area contributed by atoms with E-state index in [0.717, 1.165) is 42.1 Å². The fourth-order valence-electron chi connectivity index (χ4n) is 4.57. The van der Waals surface area contributed by atoms with E-state index in [2.05, 4.69) is 65.7 Å². The molecule has 0 aliphatic heterocycles. The van der Waals surface area contributed by atoms with E-state index in [9.17, 15) is 4.79 Å². The quantitative estimate of drug-likeness (QED) is 0.556. The molecule has 0 atom stereocenters. The van der Waals surface area contributed by atoms with Gasteiger partial charge in [0.05, 0.1) is 0 Å². The lowest BCUT2D eigenvalue weighted by Crippen LogP contribution is -2.43. The molecule has 5 heteroatoms. The first-order chi connectivity index (χ1) is 14.1. The number of aromatic nitrogens is 1. The maximum absolute atomic E-state index is 12.5. The van der Waals surface area contributed by atoms with Crippen molar-refractivity contribution in [1.82, 2.24) is 15.2 Å². The number of nitrogens with one attached hydrogen (secondary N) is 2. The van der Waals surface area contributed by atoms with Gasteiger partial charge in [0.25, 0.3) is 0 Å². The summed E-state index contributed by atoms with van der Waals surface area (Å²) in [6.07, 6.45) is 7.77. The normalized spacial score (nSPS) is 18.8. The fraction of sp³-hybridized carbons (Fsp3) is 0.320. The summed E-state index contributed by atoms with van der Waals surface area (Å²) in [5, 5.41) is 4.22. The van der Waals surface area contributed by atoms with Crippen molar-refractivity contribution in [2.75, 3.05) is 14.1 Å². The van der Waals surface area contributed by atoms with Crippen LogP contribution < -0.4 is 5.32 Å². The lowest BCUT2D eigenvalue weighted by molar-refractivity contribution is -0.116. The number of benzene rings is 2. The van der Waals surface area contributed by atoms with Gasteiger partial charge in [-0.05, 0) is 57.0 Å². The van der Waals surface area contributed by atoms with E-state index in [0.29, 0.717) is 6.54 Å². The van der Waals surface area contributed by atoms with Crippen LogP contribution in [0.15, 0.2) is 72.4 Å². The van der Waals surface area contributed by atoms with Crippen molar-refractivity contribution in [1.29, 1.82) is 0 Å². The van der Waals surface area contributed by atoms with Crippen LogP contribution in [0, 0.1) is 0 Å². The molecule has 3 aromatic rings. The molecule has 1 heterocycles. The monoisotopic (exact) mass is 423 g/mol. The minimum Gasteiger partial charge on any atom is -0.361 e. The van der Waals surface area contributed by atoms with E-state index in [1.165, 1.54) is 11.1 Å². The highest BCUT2D eigenvalue weighted by molar-refractivity contribution is 5.89. The van der Waals surface area contributed by atoms with Gasteiger partial charge in [-0.1, -0.05) is 54.1 Å². The van der Waals surface area contributed by atoms with Crippen molar-refractivity contribution in [3.05, 3.63) is 83.6 Å². The highest BCUT2D eigenvalue weighted by atomic mass is 35.5. The third kappa shape index (κ3) is 4.45. The van der Waals surface area contributed by atoms with Crippen molar-refractivity contribution in [2.24, 2.45) is 0 Å². The van der Waals surface area contributed by atoms with Crippen molar-refractivity contribution in [3.8, 4) is 0 Å². The van der Waals surface area contributed by atoms with Gasteiger partial charge in [0.2, 0.25) is 5.91 Å². The Balaban J connectivity index is 0.00000256. The molecule has 1 aromatic heterocycles. The molecule has 0 saturated heterocycles. The topological polar surface area (TPSA) is 48.1 Å². The van der Waals surface area contributed by atoms with Crippen molar-refractivity contribution < 1.29 is 4.79 Å². The zero-order valence-corrected chi connectivity index (χ0v) is 18.5. The van der Waals surface area contributed by atoms with E-state index < -0.39 is 0 Å². The molecule has 30 heavy (non-hydrogen) atoms. The molecule has 0 unspecified atom stereocenters. The highest BCUT2D eigenvalue weighted by Gasteiger charge is 2.37. The molecule has 1 aliphatic carbocycles. The minimum atomic E-state index is 0. The number of carbonyl (C=O) groups is 1. The van der Waals surface area contributed by atoms with Crippen molar-refractivity contribution in [3.63, 3.8) is 0 Å². The molecule has 0 radical (unpaired) electrons. The van der Waals surface area contributed by atoms with Crippen LogP contribution in [0.3, 0.4) is 0 Å². The van der Waals surface area contributed by atoms with Gasteiger partial charge in [0.15, 0.2) is 0 Å². The average molecular weight is 424 g/mol. The average Bonchev–Trinajstić information content (AvgIpc) is 3.16. The number of aromatic amines is 1. The molecule has 0 bridgehead atoms. The second-order valence-corrected chi connectivity index (χ2v) is 8.17. The van der Waals surface area contributed by atoms with Gasteiger partial charge in [-0.25, -0.2) is 0 Å². The summed E-state index contributed by atoms with van der Waals surface area (Å²) in [4.78, 5) is 18.1. The van der Waals surface area contributed by atoms with Crippen LogP contribution >= 0.6 is 12.4 Å². The fourth-order valence-corrected chi connectivity index (χ4v) is 4.57. The zero-order valence-electron chi connectivity index (χ0n) is 17.7. The molecule has 1 aliphatic rings. The summed E-state index contributed by atoms with van der Waals surface area (Å²) >= 11 is 0. The van der Waals surface area contributed by atoms with Crippen LogP contribution in [0.5, 0.6) is 0 Å². The first-order valence-corrected chi connectivity index (χ1v) is 10.3. The molecule has 4 nitrogen and oxygen atoms in total. The van der Waals surface area contributed by atoms with E-state index in [1.807, 2.05) is 30.5 Å². The third-order valence-electron chi connectivity index (χ3n) is 6.35. The predicted octanol–water partition coefficient (Wildman–Crippen LogP) is 5.16. The van der Waals surface area contributed by atoms with Gasteiger partial charge >= 0.3 is 0 Å². The molecule has 1 fully saturated rings. The number of rotatable bonds is 5. The molecule has 4 rings (SSSR count). The lowest BCUT2D eigenvalue weighted by Gasteiger charge is -2.44. The number of allylic oxidation sites excluding steroid dienone is 1. The number of para-hydroxylation sites is 1. The molecule has 1 saturated carbocycles. The zero-order chi connectivity index (χ0) is 20.3. The second kappa shape index (κ2) is 9.50. The van der Waals surface area contributed by atoms with E-state index in [1.54, 1.807) is 0 Å². The second-order valence-electron chi connectivity index (χ2n) is 8.17. The highest BCUT2D eigenvalue weighted by Crippen LogP contribution is 2.42. The number of carbonyl (C=O) groups excluding carboxylic acids is 1. The maximum Gasteiger partial charge on any atom is 0.244 e. The number of halogens is 1. The maximum atomic E-state index is 12.5. The van der Waals surface area contributed by atoms with Crippen molar-refractivity contribution in [2.45, 2.75) is 37.8 Å². The molecule has 0 spiro atoms. The molecule has 2 N–H and O–H groups in total. The van der Waals surface area contributed by atoms with Gasteiger partial charge in [-0.2, -0.15) is 0 Å². The standard InChI is InChI=1S/C25H29N3O.ClH/c1-28(2)25(21-8-4-3-5-9-21)14-12-19(13-15-25)16-24(29)27-18-20-17-26-23-11-7-6-10-22(20)23;/h3-11,16-17,26H,12-15,18H2,1-2H3,(H,27,29);1H. The number of fused-ring (bicyclic) bond motifs is 1.